The van der Waals surface area contributed by atoms with Gasteiger partial charge in [0.15, 0.2) is 0 Å². The summed E-state index contributed by atoms with van der Waals surface area (Å²) in [4.78, 5) is 2.71. The molecule has 0 nitrogen and oxygen atoms in total. The Morgan fingerprint density at radius 2 is 1.15 bits per heavy atom. The summed E-state index contributed by atoms with van der Waals surface area (Å²) in [5, 5.41) is 2.69. The molecule has 188 valence electrons. The zero-order valence-corrected chi connectivity index (χ0v) is 23.6. The monoisotopic (exact) mass is 544 g/mol. The van der Waals surface area contributed by atoms with Gasteiger partial charge in [-0.05, 0) is 75.7 Å². The molecule has 0 N–H and O–H groups in total. The van der Waals surface area contributed by atoms with Gasteiger partial charge in [-0.25, -0.2) is 0 Å². The Morgan fingerprint density at radius 1 is 0.500 bits per heavy atom. The van der Waals surface area contributed by atoms with Crippen molar-refractivity contribution in [1.29, 1.82) is 0 Å². The van der Waals surface area contributed by atoms with E-state index in [0.717, 1.165) is 0 Å². The fraction of sp³-hybridized carbons (Fsp3) is 0.0526. The molecule has 1 aliphatic carbocycles. The Hall–Kier alpha value is -4.11. The van der Waals surface area contributed by atoms with Gasteiger partial charge < -0.3 is 0 Å². The first-order valence-corrected chi connectivity index (χ1v) is 15.4. The lowest BCUT2D eigenvalue weighted by molar-refractivity contribution is 0.722. The molecule has 1 aromatic heterocycles. The molecule has 7 aromatic rings. The quantitative estimate of drug-likeness (QED) is 0.198. The molecule has 2 heterocycles. The predicted molar refractivity (Wildman–Crippen MR) is 171 cm³/mol. The molecule has 6 aromatic carbocycles. The first kappa shape index (κ1) is 22.7. The minimum Gasteiger partial charge on any atom is -0.135 e. The highest BCUT2D eigenvalue weighted by atomic mass is 32.2. The van der Waals surface area contributed by atoms with Crippen molar-refractivity contribution >= 4 is 43.3 Å². The van der Waals surface area contributed by atoms with Gasteiger partial charge in [0.25, 0.3) is 0 Å². The van der Waals surface area contributed by atoms with Crippen LogP contribution in [-0.4, -0.2) is 0 Å². The molecule has 0 bridgehead atoms. The topological polar surface area (TPSA) is 0 Å². The zero-order chi connectivity index (χ0) is 26.4. The summed E-state index contributed by atoms with van der Waals surface area (Å²) in [6, 6.07) is 47.9. The van der Waals surface area contributed by atoms with Crippen LogP contribution >= 0.6 is 23.1 Å². The minimum atomic E-state index is -0.343. The van der Waals surface area contributed by atoms with E-state index in [9.17, 15) is 0 Å². The van der Waals surface area contributed by atoms with E-state index < -0.39 is 0 Å². The van der Waals surface area contributed by atoms with Crippen LogP contribution in [-0.2, 0) is 5.41 Å². The Morgan fingerprint density at radius 3 is 1.95 bits per heavy atom. The molecule has 0 atom stereocenters. The summed E-state index contributed by atoms with van der Waals surface area (Å²) in [5.41, 5.74) is 11.8. The summed E-state index contributed by atoms with van der Waals surface area (Å²) in [6.07, 6.45) is 0. The van der Waals surface area contributed by atoms with E-state index in [4.69, 9.17) is 0 Å². The van der Waals surface area contributed by atoms with E-state index in [0.29, 0.717) is 0 Å². The summed E-state index contributed by atoms with van der Waals surface area (Å²) in [6.45, 7) is 2.26. The second-order valence-corrected chi connectivity index (χ2v) is 13.1. The molecular weight excluding hydrogens is 521 g/mol. The third kappa shape index (κ3) is 2.88. The number of thiophene rings is 1. The Balaban J connectivity index is 1.40. The third-order valence-electron chi connectivity index (χ3n) is 8.78. The minimum absolute atomic E-state index is 0.343. The summed E-state index contributed by atoms with van der Waals surface area (Å²) in [5.74, 6) is 0. The van der Waals surface area contributed by atoms with Crippen LogP contribution in [0.1, 0.15) is 27.8 Å². The molecule has 40 heavy (non-hydrogen) atoms. The zero-order valence-electron chi connectivity index (χ0n) is 21.9. The van der Waals surface area contributed by atoms with E-state index in [2.05, 4.69) is 134 Å². The Labute approximate surface area is 242 Å². The molecule has 0 saturated heterocycles. The van der Waals surface area contributed by atoms with Crippen molar-refractivity contribution in [2.45, 2.75) is 22.1 Å². The number of fused-ring (bicyclic) bond motifs is 12. The van der Waals surface area contributed by atoms with Gasteiger partial charge in [0, 0.05) is 30.0 Å². The maximum Gasteiger partial charge on any atom is 0.0735 e. The molecule has 2 heteroatoms. The fourth-order valence-corrected chi connectivity index (χ4v) is 9.60. The van der Waals surface area contributed by atoms with Crippen molar-refractivity contribution in [3.63, 3.8) is 0 Å². The van der Waals surface area contributed by atoms with Gasteiger partial charge in [-0.3, -0.25) is 0 Å². The van der Waals surface area contributed by atoms with Crippen molar-refractivity contribution in [3.05, 3.63) is 155 Å². The van der Waals surface area contributed by atoms with Crippen molar-refractivity contribution in [2.75, 3.05) is 0 Å². The van der Waals surface area contributed by atoms with Crippen molar-refractivity contribution in [2.24, 2.45) is 0 Å². The van der Waals surface area contributed by atoms with Crippen LogP contribution in [0.3, 0.4) is 0 Å². The van der Waals surface area contributed by atoms with E-state index >= 15 is 0 Å². The second kappa shape index (κ2) is 8.20. The molecule has 0 radical (unpaired) electrons. The molecule has 9 rings (SSSR count). The van der Waals surface area contributed by atoms with E-state index in [1.807, 2.05) is 23.1 Å². The van der Waals surface area contributed by atoms with E-state index in [1.165, 1.54) is 80.0 Å². The Kier molecular flexibility index (Phi) is 4.65. The van der Waals surface area contributed by atoms with Gasteiger partial charge >= 0.3 is 0 Å². The normalized spacial score (nSPS) is 14.2. The first-order chi connectivity index (χ1) is 19.7. The highest BCUT2D eigenvalue weighted by molar-refractivity contribution is 7.99. The smallest absolute Gasteiger partial charge is 0.0735 e. The largest absolute Gasteiger partial charge is 0.135 e. The maximum atomic E-state index is 2.46. The van der Waals surface area contributed by atoms with Crippen molar-refractivity contribution in [3.8, 4) is 22.3 Å². The molecule has 0 unspecified atom stereocenters. The van der Waals surface area contributed by atoms with Crippen molar-refractivity contribution < 1.29 is 0 Å². The summed E-state index contributed by atoms with van der Waals surface area (Å²) < 4.78 is 2.70. The van der Waals surface area contributed by atoms with Crippen LogP contribution in [0.15, 0.2) is 137 Å². The van der Waals surface area contributed by atoms with Gasteiger partial charge in [0.1, 0.15) is 0 Å². The molecule has 0 fully saturated rings. The van der Waals surface area contributed by atoms with Crippen LogP contribution in [0, 0.1) is 6.92 Å². The van der Waals surface area contributed by atoms with Crippen LogP contribution in [0.2, 0.25) is 0 Å². The van der Waals surface area contributed by atoms with Crippen LogP contribution < -0.4 is 0 Å². The standard InChI is InChI=1S/C38H24S2/c1-23-20-28(24-18-19-35-29(22-24)27-12-4-8-16-34(27)39-35)37-33(21-23)38(32-15-7-9-17-36(32)40-37)30-13-5-2-10-25(30)26-11-3-6-14-31(26)38/h2-22H,1H3. The molecule has 1 spiro atoms. The summed E-state index contributed by atoms with van der Waals surface area (Å²) >= 11 is 3.82. The highest BCUT2D eigenvalue weighted by Gasteiger charge is 2.50. The van der Waals surface area contributed by atoms with Gasteiger partial charge in [0.05, 0.1) is 5.41 Å². The third-order valence-corrected chi connectivity index (χ3v) is 11.2. The SMILES string of the molecule is Cc1cc(-c2ccc3sc4ccccc4c3c2)c2c(c1)C1(c3ccccc3S2)c2ccccc2-c2ccccc21. The number of hydrogen-bond acceptors (Lipinski definition) is 2. The fourth-order valence-electron chi connectivity index (χ4n) is 7.21. The van der Waals surface area contributed by atoms with Crippen molar-refractivity contribution in [1.82, 2.24) is 0 Å². The average molecular weight is 545 g/mol. The van der Waals surface area contributed by atoms with Gasteiger partial charge in [-0.1, -0.05) is 120 Å². The number of aryl methyl sites for hydroxylation is 1. The molecular formula is C38H24S2. The van der Waals surface area contributed by atoms with E-state index in [-0.39, 0.29) is 5.41 Å². The molecule has 2 aliphatic rings. The molecule has 0 amide bonds. The summed E-state index contributed by atoms with van der Waals surface area (Å²) in [7, 11) is 0. The van der Waals surface area contributed by atoms with Gasteiger partial charge in [-0.2, -0.15) is 0 Å². The van der Waals surface area contributed by atoms with Gasteiger partial charge in [-0.15, -0.1) is 11.3 Å². The Bertz CT molecular complexity index is 2120. The lowest BCUT2D eigenvalue weighted by Crippen LogP contribution is -2.32. The number of rotatable bonds is 1. The maximum absolute atomic E-state index is 2.46. The molecule has 0 saturated carbocycles. The number of hydrogen-bond donors (Lipinski definition) is 0. The highest BCUT2D eigenvalue weighted by Crippen LogP contribution is 2.63. The lowest BCUT2D eigenvalue weighted by Gasteiger charge is -2.40. The molecule has 1 aliphatic heterocycles. The van der Waals surface area contributed by atoms with Crippen LogP contribution in [0.4, 0.5) is 0 Å². The average Bonchev–Trinajstić information content (AvgIpc) is 3.51. The second-order valence-electron chi connectivity index (χ2n) is 10.9. The predicted octanol–water partition coefficient (Wildman–Crippen LogP) is 10.9. The lowest BCUT2D eigenvalue weighted by atomic mass is 9.66. The van der Waals surface area contributed by atoms with Gasteiger partial charge in [0.2, 0.25) is 0 Å². The number of benzene rings is 6. The van der Waals surface area contributed by atoms with Crippen LogP contribution in [0.5, 0.6) is 0 Å². The van der Waals surface area contributed by atoms with Crippen LogP contribution in [0.25, 0.3) is 42.4 Å². The first-order valence-electron chi connectivity index (χ1n) is 13.8. The van der Waals surface area contributed by atoms with E-state index in [1.54, 1.807) is 0 Å².